The third kappa shape index (κ3) is 2.91. The van der Waals surface area contributed by atoms with Gasteiger partial charge in [0.2, 0.25) is 0 Å². The van der Waals surface area contributed by atoms with E-state index in [1.54, 1.807) is 6.07 Å². The number of carbonyl (C=O) groups is 1. The van der Waals surface area contributed by atoms with Gasteiger partial charge in [-0.3, -0.25) is 4.79 Å². The fraction of sp³-hybridized carbons (Fsp3) is 0.545. The summed E-state index contributed by atoms with van der Waals surface area (Å²) in [5.74, 6) is 0.0140. The van der Waals surface area contributed by atoms with Crippen LogP contribution in [0.2, 0.25) is 0 Å². The van der Waals surface area contributed by atoms with Crippen LogP contribution in [0.15, 0.2) is 15.9 Å². The number of aliphatic hydroxyl groups is 1. The molecule has 1 saturated heterocycles. The minimum absolute atomic E-state index is 0.0140. The average Bonchev–Trinajstić information content (AvgIpc) is 2.65. The summed E-state index contributed by atoms with van der Waals surface area (Å²) >= 11 is 4.72. The van der Waals surface area contributed by atoms with Crippen molar-refractivity contribution in [2.45, 2.75) is 24.9 Å². The summed E-state index contributed by atoms with van der Waals surface area (Å²) in [5.41, 5.74) is -0.869. The molecule has 0 unspecified atom stereocenters. The van der Waals surface area contributed by atoms with Crippen molar-refractivity contribution in [3.05, 3.63) is 20.8 Å². The molecule has 5 heteroatoms. The van der Waals surface area contributed by atoms with Crippen molar-refractivity contribution in [2.75, 3.05) is 13.2 Å². The van der Waals surface area contributed by atoms with Crippen LogP contribution in [0.4, 0.5) is 0 Å². The number of hydrogen-bond donors (Lipinski definition) is 1. The fourth-order valence-corrected chi connectivity index (χ4v) is 3.14. The first kappa shape index (κ1) is 12.2. The Morgan fingerprint density at radius 2 is 2.25 bits per heavy atom. The normalized spacial score (nSPS) is 19.6. The molecule has 0 bridgehead atoms. The van der Waals surface area contributed by atoms with Crippen LogP contribution in [0.1, 0.15) is 28.9 Å². The van der Waals surface area contributed by atoms with E-state index in [9.17, 15) is 9.90 Å². The van der Waals surface area contributed by atoms with Gasteiger partial charge in [-0.15, -0.1) is 11.3 Å². The molecule has 1 N–H and O–H groups in total. The topological polar surface area (TPSA) is 46.5 Å². The van der Waals surface area contributed by atoms with Gasteiger partial charge in [0.1, 0.15) is 0 Å². The van der Waals surface area contributed by atoms with Crippen LogP contribution in [0, 0.1) is 0 Å². The molecule has 0 spiro atoms. The van der Waals surface area contributed by atoms with Gasteiger partial charge in [0, 0.05) is 42.3 Å². The fourth-order valence-electron chi connectivity index (χ4n) is 1.77. The van der Waals surface area contributed by atoms with Crippen molar-refractivity contribution >= 4 is 33.0 Å². The number of Topliss-reactive ketones (excluding diaryl/α,β-unsaturated/α-hetero) is 1. The summed E-state index contributed by atoms with van der Waals surface area (Å²) in [6.07, 6.45) is 1.29. The summed E-state index contributed by atoms with van der Waals surface area (Å²) < 4.78 is 6.10. The lowest BCUT2D eigenvalue weighted by Gasteiger charge is -2.31. The van der Waals surface area contributed by atoms with E-state index in [2.05, 4.69) is 15.9 Å². The summed E-state index contributed by atoms with van der Waals surface area (Å²) in [7, 11) is 0. The SMILES string of the molecule is O=C(CC1(O)CCOCC1)c1cc(Br)cs1. The highest BCUT2D eigenvalue weighted by Gasteiger charge is 2.32. The molecule has 1 aromatic heterocycles. The molecule has 0 saturated carbocycles. The van der Waals surface area contributed by atoms with Crippen molar-refractivity contribution in [1.29, 1.82) is 0 Å². The minimum Gasteiger partial charge on any atom is -0.389 e. The summed E-state index contributed by atoms with van der Waals surface area (Å²) in [4.78, 5) is 12.6. The molecular weight excluding hydrogens is 292 g/mol. The number of halogens is 1. The second kappa shape index (κ2) is 4.96. The van der Waals surface area contributed by atoms with Crippen LogP contribution in [-0.2, 0) is 4.74 Å². The molecular formula is C11H13BrO3S. The maximum absolute atomic E-state index is 11.9. The molecule has 0 amide bonds. The second-order valence-corrected chi connectivity index (χ2v) is 5.89. The predicted molar refractivity (Wildman–Crippen MR) is 66.0 cm³/mol. The lowest BCUT2D eigenvalue weighted by atomic mass is 9.88. The van der Waals surface area contributed by atoms with E-state index >= 15 is 0 Å². The summed E-state index contributed by atoms with van der Waals surface area (Å²) in [6.45, 7) is 1.08. The van der Waals surface area contributed by atoms with E-state index in [1.807, 2.05) is 5.38 Å². The van der Waals surface area contributed by atoms with Gasteiger partial charge in [0.15, 0.2) is 5.78 Å². The molecule has 16 heavy (non-hydrogen) atoms. The lowest BCUT2D eigenvalue weighted by molar-refractivity contribution is -0.0623. The van der Waals surface area contributed by atoms with Crippen molar-refractivity contribution in [2.24, 2.45) is 0 Å². The monoisotopic (exact) mass is 304 g/mol. The smallest absolute Gasteiger partial charge is 0.175 e. The average molecular weight is 305 g/mol. The molecule has 1 aliphatic heterocycles. The van der Waals surface area contributed by atoms with Gasteiger partial charge in [-0.2, -0.15) is 0 Å². The maximum atomic E-state index is 11.9. The first-order valence-corrected chi connectivity index (χ1v) is 6.84. The summed E-state index contributed by atoms with van der Waals surface area (Å²) in [6, 6.07) is 1.80. The van der Waals surface area contributed by atoms with Crippen LogP contribution in [-0.4, -0.2) is 29.7 Å². The van der Waals surface area contributed by atoms with Crippen LogP contribution in [0.5, 0.6) is 0 Å². The third-order valence-electron chi connectivity index (χ3n) is 2.76. The van der Waals surface area contributed by atoms with Crippen molar-refractivity contribution in [3.63, 3.8) is 0 Å². The Balaban J connectivity index is 2.01. The number of ether oxygens (including phenoxy) is 1. The highest BCUT2D eigenvalue weighted by atomic mass is 79.9. The van der Waals surface area contributed by atoms with Gasteiger partial charge in [-0.1, -0.05) is 0 Å². The van der Waals surface area contributed by atoms with Gasteiger partial charge in [-0.05, 0) is 22.0 Å². The first-order valence-electron chi connectivity index (χ1n) is 5.16. The van der Waals surface area contributed by atoms with Gasteiger partial charge in [-0.25, -0.2) is 0 Å². The zero-order valence-electron chi connectivity index (χ0n) is 8.74. The molecule has 0 atom stereocenters. The van der Waals surface area contributed by atoms with Crippen LogP contribution in [0.25, 0.3) is 0 Å². The summed E-state index contributed by atoms with van der Waals surface area (Å²) in [5, 5.41) is 12.1. The van der Waals surface area contributed by atoms with E-state index < -0.39 is 5.60 Å². The van der Waals surface area contributed by atoms with Gasteiger partial charge in [0.05, 0.1) is 10.5 Å². The van der Waals surface area contributed by atoms with Crippen molar-refractivity contribution < 1.29 is 14.6 Å². The van der Waals surface area contributed by atoms with E-state index in [0.717, 1.165) is 4.47 Å². The van der Waals surface area contributed by atoms with Crippen molar-refractivity contribution in [1.82, 2.24) is 0 Å². The Kier molecular flexibility index (Phi) is 3.79. The number of rotatable bonds is 3. The van der Waals surface area contributed by atoms with Crippen LogP contribution >= 0.6 is 27.3 Å². The Bertz CT molecular complexity index is 382. The Morgan fingerprint density at radius 3 is 2.81 bits per heavy atom. The molecule has 0 aromatic carbocycles. The number of hydrogen-bond acceptors (Lipinski definition) is 4. The van der Waals surface area contributed by atoms with Crippen LogP contribution in [0.3, 0.4) is 0 Å². The second-order valence-electron chi connectivity index (χ2n) is 4.07. The first-order chi connectivity index (χ1) is 7.59. The molecule has 0 aliphatic carbocycles. The molecule has 1 aliphatic rings. The van der Waals surface area contributed by atoms with Crippen molar-refractivity contribution in [3.8, 4) is 0 Å². The maximum Gasteiger partial charge on any atom is 0.175 e. The standard InChI is InChI=1S/C11H13BrO3S/c12-8-5-10(16-7-8)9(13)6-11(14)1-3-15-4-2-11/h5,7,14H,1-4,6H2. The molecule has 88 valence electrons. The largest absolute Gasteiger partial charge is 0.389 e. The van der Waals surface area contributed by atoms with Gasteiger partial charge >= 0.3 is 0 Å². The molecule has 0 radical (unpaired) electrons. The van der Waals surface area contributed by atoms with E-state index in [-0.39, 0.29) is 12.2 Å². The van der Waals surface area contributed by atoms with Gasteiger partial charge < -0.3 is 9.84 Å². The third-order valence-corrected chi connectivity index (χ3v) is 4.49. The molecule has 1 fully saturated rings. The number of ketones is 1. The zero-order chi connectivity index (χ0) is 11.6. The van der Waals surface area contributed by atoms with E-state index in [4.69, 9.17) is 4.74 Å². The quantitative estimate of drug-likeness (QED) is 0.873. The molecule has 1 aromatic rings. The highest BCUT2D eigenvalue weighted by Crippen LogP contribution is 2.28. The van der Waals surface area contributed by atoms with Gasteiger partial charge in [0.25, 0.3) is 0 Å². The minimum atomic E-state index is -0.869. The molecule has 3 nitrogen and oxygen atoms in total. The van der Waals surface area contributed by atoms with E-state index in [0.29, 0.717) is 30.9 Å². The highest BCUT2D eigenvalue weighted by molar-refractivity contribution is 9.10. The Hall–Kier alpha value is -0.230. The zero-order valence-corrected chi connectivity index (χ0v) is 11.1. The molecule has 2 heterocycles. The number of thiophene rings is 1. The Morgan fingerprint density at radius 1 is 1.56 bits per heavy atom. The van der Waals surface area contributed by atoms with Crippen LogP contribution < -0.4 is 0 Å². The Labute approximate surface area is 107 Å². The predicted octanol–water partition coefficient (Wildman–Crippen LogP) is 2.62. The van der Waals surface area contributed by atoms with E-state index in [1.165, 1.54) is 11.3 Å². The number of carbonyl (C=O) groups excluding carboxylic acids is 1. The lowest BCUT2D eigenvalue weighted by Crippen LogP contribution is -2.38. The molecule has 2 rings (SSSR count).